The lowest BCUT2D eigenvalue weighted by Crippen LogP contribution is -2.25. The van der Waals surface area contributed by atoms with Gasteiger partial charge in [-0.15, -0.1) is 0 Å². The molecule has 1 amide bonds. The maximum atomic E-state index is 13.0. The molecule has 1 heterocycles. The molecule has 1 aromatic heterocycles. The smallest absolute Gasteiger partial charge is 0.252 e. The van der Waals surface area contributed by atoms with Gasteiger partial charge >= 0.3 is 0 Å². The summed E-state index contributed by atoms with van der Waals surface area (Å²) in [7, 11) is 0. The summed E-state index contributed by atoms with van der Waals surface area (Å²) in [6, 6.07) is 18.0. The van der Waals surface area contributed by atoms with Gasteiger partial charge in [-0.25, -0.2) is 4.98 Å². The average molecular weight is 370 g/mol. The summed E-state index contributed by atoms with van der Waals surface area (Å²) in [6.07, 6.45) is 8.20. The Kier molecular flexibility index (Phi) is 5.52. The van der Waals surface area contributed by atoms with Crippen LogP contribution in [0.5, 0.6) is 0 Å². The molecular formula is C25H26N2O. The van der Waals surface area contributed by atoms with Crippen molar-refractivity contribution in [2.45, 2.75) is 39.0 Å². The number of para-hydroxylation sites is 1. The standard InChI is InChI=1S/C25H26N2O/c1-18-11-13-20(14-12-18)24-17-22(21-9-5-6-10-23(21)27-24)25(28)26-16-15-19-7-3-2-4-8-19/h5-7,9-14,17H,2-4,8,15-16H2,1H3,(H,26,28). The van der Waals surface area contributed by atoms with Crippen molar-refractivity contribution in [1.82, 2.24) is 10.3 Å². The molecule has 0 saturated heterocycles. The third-order valence-electron chi connectivity index (χ3n) is 5.42. The van der Waals surface area contributed by atoms with Gasteiger partial charge in [-0.2, -0.15) is 0 Å². The van der Waals surface area contributed by atoms with Crippen LogP contribution in [0.4, 0.5) is 0 Å². The third-order valence-corrected chi connectivity index (χ3v) is 5.42. The molecule has 0 unspecified atom stereocenters. The molecule has 0 atom stereocenters. The minimum Gasteiger partial charge on any atom is -0.352 e. The normalized spacial score (nSPS) is 14.0. The molecule has 0 spiro atoms. The van der Waals surface area contributed by atoms with Gasteiger partial charge < -0.3 is 5.32 Å². The maximum Gasteiger partial charge on any atom is 0.252 e. The van der Waals surface area contributed by atoms with Crippen LogP contribution < -0.4 is 5.32 Å². The van der Waals surface area contributed by atoms with Crippen molar-refractivity contribution < 1.29 is 4.79 Å². The number of aromatic nitrogens is 1. The number of amides is 1. The number of aryl methyl sites for hydroxylation is 1. The summed E-state index contributed by atoms with van der Waals surface area (Å²) >= 11 is 0. The number of allylic oxidation sites excluding steroid dienone is 1. The van der Waals surface area contributed by atoms with E-state index in [1.165, 1.54) is 36.8 Å². The van der Waals surface area contributed by atoms with Crippen molar-refractivity contribution >= 4 is 16.8 Å². The van der Waals surface area contributed by atoms with Crippen LogP contribution in [0.15, 0.2) is 66.2 Å². The van der Waals surface area contributed by atoms with Crippen LogP contribution in [-0.2, 0) is 0 Å². The van der Waals surface area contributed by atoms with Crippen LogP contribution in [-0.4, -0.2) is 17.4 Å². The minimum atomic E-state index is -0.0247. The first kappa shape index (κ1) is 18.4. The third kappa shape index (κ3) is 4.14. The highest BCUT2D eigenvalue weighted by molar-refractivity contribution is 6.07. The zero-order valence-corrected chi connectivity index (χ0v) is 16.4. The Morgan fingerprint density at radius 2 is 1.89 bits per heavy atom. The van der Waals surface area contributed by atoms with Crippen molar-refractivity contribution in [2.24, 2.45) is 0 Å². The number of hydrogen-bond acceptors (Lipinski definition) is 2. The second kappa shape index (κ2) is 8.39. The van der Waals surface area contributed by atoms with E-state index < -0.39 is 0 Å². The lowest BCUT2D eigenvalue weighted by Gasteiger charge is -2.14. The van der Waals surface area contributed by atoms with Gasteiger partial charge in [-0.3, -0.25) is 4.79 Å². The Morgan fingerprint density at radius 3 is 2.68 bits per heavy atom. The van der Waals surface area contributed by atoms with E-state index in [-0.39, 0.29) is 5.91 Å². The predicted molar refractivity (Wildman–Crippen MR) is 115 cm³/mol. The van der Waals surface area contributed by atoms with Crippen LogP contribution in [0.3, 0.4) is 0 Å². The quantitative estimate of drug-likeness (QED) is 0.574. The lowest BCUT2D eigenvalue weighted by molar-refractivity contribution is 0.0955. The molecule has 3 heteroatoms. The van der Waals surface area contributed by atoms with Gasteiger partial charge in [-0.1, -0.05) is 59.7 Å². The summed E-state index contributed by atoms with van der Waals surface area (Å²) in [5.41, 5.74) is 6.09. The number of carbonyl (C=O) groups is 1. The molecule has 3 nitrogen and oxygen atoms in total. The summed E-state index contributed by atoms with van der Waals surface area (Å²) in [5.74, 6) is -0.0247. The molecular weight excluding hydrogens is 344 g/mol. The van der Waals surface area contributed by atoms with Crippen LogP contribution in [0.2, 0.25) is 0 Å². The van der Waals surface area contributed by atoms with E-state index in [0.29, 0.717) is 12.1 Å². The Balaban J connectivity index is 1.60. The SMILES string of the molecule is Cc1ccc(-c2cc(C(=O)NCCC3=CCCCC3)c3ccccc3n2)cc1. The number of pyridine rings is 1. The fraction of sp³-hybridized carbons (Fsp3) is 0.280. The van der Waals surface area contributed by atoms with Crippen molar-refractivity contribution in [2.75, 3.05) is 6.54 Å². The molecule has 0 radical (unpaired) electrons. The minimum absolute atomic E-state index is 0.0247. The first-order valence-electron chi connectivity index (χ1n) is 10.1. The summed E-state index contributed by atoms with van der Waals surface area (Å²) < 4.78 is 0. The van der Waals surface area contributed by atoms with E-state index in [9.17, 15) is 4.79 Å². The molecule has 1 N–H and O–H groups in total. The van der Waals surface area contributed by atoms with Gasteiger partial charge in [0.05, 0.1) is 16.8 Å². The Labute approximate surface area is 166 Å². The first-order valence-corrected chi connectivity index (χ1v) is 10.1. The molecule has 4 rings (SSSR count). The van der Waals surface area contributed by atoms with Gasteiger partial charge in [0.1, 0.15) is 0 Å². The largest absolute Gasteiger partial charge is 0.352 e. The zero-order valence-electron chi connectivity index (χ0n) is 16.4. The van der Waals surface area contributed by atoms with Gasteiger partial charge in [0.25, 0.3) is 5.91 Å². The molecule has 1 aliphatic rings. The second-order valence-electron chi connectivity index (χ2n) is 7.55. The molecule has 0 aliphatic heterocycles. The lowest BCUT2D eigenvalue weighted by atomic mass is 9.97. The molecule has 1 aliphatic carbocycles. The average Bonchev–Trinajstić information content (AvgIpc) is 2.74. The van der Waals surface area contributed by atoms with Crippen molar-refractivity contribution in [3.05, 3.63) is 77.4 Å². The Morgan fingerprint density at radius 1 is 1.07 bits per heavy atom. The van der Waals surface area contributed by atoms with Gasteiger partial charge in [0.15, 0.2) is 0 Å². The maximum absolute atomic E-state index is 13.0. The topological polar surface area (TPSA) is 42.0 Å². The fourth-order valence-electron chi connectivity index (χ4n) is 3.80. The van der Waals surface area contributed by atoms with Crippen LogP contribution >= 0.6 is 0 Å². The van der Waals surface area contributed by atoms with Gasteiger partial charge in [0, 0.05) is 17.5 Å². The Bertz CT molecular complexity index is 1020. The van der Waals surface area contributed by atoms with Crippen molar-refractivity contribution in [3.63, 3.8) is 0 Å². The molecule has 3 aromatic rings. The highest BCUT2D eigenvalue weighted by atomic mass is 16.1. The highest BCUT2D eigenvalue weighted by Gasteiger charge is 2.14. The van der Waals surface area contributed by atoms with E-state index in [0.717, 1.165) is 28.6 Å². The molecule has 0 fully saturated rings. The zero-order chi connectivity index (χ0) is 19.3. The molecule has 0 bridgehead atoms. The molecule has 28 heavy (non-hydrogen) atoms. The van der Waals surface area contributed by atoms with Gasteiger partial charge in [-0.05, 0) is 51.2 Å². The van der Waals surface area contributed by atoms with Crippen molar-refractivity contribution in [3.8, 4) is 11.3 Å². The number of hydrogen-bond donors (Lipinski definition) is 1. The molecule has 142 valence electrons. The molecule has 2 aromatic carbocycles. The fourth-order valence-corrected chi connectivity index (χ4v) is 3.80. The Hall–Kier alpha value is -2.94. The van der Waals surface area contributed by atoms with Crippen molar-refractivity contribution in [1.29, 1.82) is 0 Å². The van der Waals surface area contributed by atoms with Gasteiger partial charge in [0.2, 0.25) is 0 Å². The second-order valence-corrected chi connectivity index (χ2v) is 7.55. The summed E-state index contributed by atoms with van der Waals surface area (Å²) in [4.78, 5) is 17.8. The molecule has 0 saturated carbocycles. The number of nitrogens with zero attached hydrogens (tertiary/aromatic N) is 1. The van der Waals surface area contributed by atoms with Crippen LogP contribution in [0.25, 0.3) is 22.2 Å². The number of carbonyl (C=O) groups excluding carboxylic acids is 1. The number of fused-ring (bicyclic) bond motifs is 1. The highest BCUT2D eigenvalue weighted by Crippen LogP contribution is 2.25. The van der Waals surface area contributed by atoms with Crippen LogP contribution in [0, 0.1) is 6.92 Å². The predicted octanol–water partition coefficient (Wildman–Crippen LogP) is 5.83. The first-order chi connectivity index (χ1) is 13.7. The van der Waals surface area contributed by atoms with E-state index in [2.05, 4.69) is 42.6 Å². The monoisotopic (exact) mass is 370 g/mol. The number of nitrogens with one attached hydrogen (secondary N) is 1. The van der Waals surface area contributed by atoms with E-state index in [1.807, 2.05) is 30.3 Å². The van der Waals surface area contributed by atoms with Crippen LogP contribution in [0.1, 0.15) is 48.0 Å². The number of rotatable bonds is 5. The number of benzene rings is 2. The van der Waals surface area contributed by atoms with E-state index in [4.69, 9.17) is 4.98 Å². The summed E-state index contributed by atoms with van der Waals surface area (Å²) in [6.45, 7) is 2.75. The van der Waals surface area contributed by atoms with E-state index in [1.54, 1.807) is 0 Å². The van der Waals surface area contributed by atoms with E-state index >= 15 is 0 Å². The summed E-state index contributed by atoms with van der Waals surface area (Å²) in [5, 5.41) is 4.01.